The molecule has 1 aromatic heterocycles. The highest BCUT2D eigenvalue weighted by Gasteiger charge is 2.10. The van der Waals surface area contributed by atoms with Gasteiger partial charge in [-0.3, -0.25) is 9.88 Å². The van der Waals surface area contributed by atoms with E-state index >= 15 is 0 Å². The molecule has 3 nitrogen and oxygen atoms in total. The van der Waals surface area contributed by atoms with E-state index in [9.17, 15) is 8.78 Å². The number of benzene rings is 3. The third-order valence-corrected chi connectivity index (χ3v) is 5.55. The molecule has 4 rings (SSSR count). The van der Waals surface area contributed by atoms with Crippen molar-refractivity contribution in [2.75, 3.05) is 18.4 Å². The predicted molar refractivity (Wildman–Crippen MR) is 127 cm³/mol. The zero-order valence-corrected chi connectivity index (χ0v) is 18.3. The highest BCUT2D eigenvalue weighted by Crippen LogP contribution is 2.24. The van der Waals surface area contributed by atoms with Crippen LogP contribution in [0, 0.1) is 11.6 Å². The van der Waals surface area contributed by atoms with Gasteiger partial charge in [0.15, 0.2) is 11.6 Å². The summed E-state index contributed by atoms with van der Waals surface area (Å²) in [7, 11) is 0. The van der Waals surface area contributed by atoms with Gasteiger partial charge in [-0.15, -0.1) is 0 Å². The molecule has 0 aliphatic rings. The molecule has 0 saturated carbocycles. The summed E-state index contributed by atoms with van der Waals surface area (Å²) in [6, 6.07) is 21.9. The lowest BCUT2D eigenvalue weighted by Crippen LogP contribution is -2.25. The highest BCUT2D eigenvalue weighted by molar-refractivity contribution is 6.31. The number of fused-ring (bicyclic) bond motifs is 1. The van der Waals surface area contributed by atoms with Crippen LogP contribution in [0.3, 0.4) is 0 Å². The Bertz CT molecular complexity index is 1180. The van der Waals surface area contributed by atoms with Crippen LogP contribution in [0.15, 0.2) is 79.0 Å². The minimum Gasteiger partial charge on any atom is -0.384 e. The first-order valence-corrected chi connectivity index (χ1v) is 10.9. The summed E-state index contributed by atoms with van der Waals surface area (Å²) in [6.45, 7) is 2.85. The van der Waals surface area contributed by atoms with Gasteiger partial charge in [-0.1, -0.05) is 48.0 Å². The van der Waals surface area contributed by atoms with E-state index in [1.54, 1.807) is 12.3 Å². The molecule has 0 saturated heterocycles. The molecule has 0 radical (unpaired) electrons. The van der Waals surface area contributed by atoms with Crippen LogP contribution in [0.4, 0.5) is 14.5 Å². The van der Waals surface area contributed by atoms with Crippen molar-refractivity contribution in [2.45, 2.75) is 19.5 Å². The molecule has 0 unspecified atom stereocenters. The van der Waals surface area contributed by atoms with Gasteiger partial charge in [0.25, 0.3) is 0 Å². The molecule has 3 aromatic carbocycles. The average molecular weight is 452 g/mol. The molecule has 0 aliphatic carbocycles. The second-order valence-electron chi connectivity index (χ2n) is 7.75. The van der Waals surface area contributed by atoms with E-state index in [4.69, 9.17) is 11.6 Å². The van der Waals surface area contributed by atoms with Crippen LogP contribution in [-0.2, 0) is 13.1 Å². The zero-order valence-electron chi connectivity index (χ0n) is 17.6. The first-order chi connectivity index (χ1) is 15.6. The minimum atomic E-state index is -0.821. The predicted octanol–water partition coefficient (Wildman–Crippen LogP) is 6.67. The second kappa shape index (κ2) is 10.5. The molecule has 0 amide bonds. The van der Waals surface area contributed by atoms with Gasteiger partial charge in [0.05, 0.1) is 5.52 Å². The van der Waals surface area contributed by atoms with Crippen LogP contribution in [0.5, 0.6) is 0 Å². The largest absolute Gasteiger partial charge is 0.384 e. The average Bonchev–Trinajstić information content (AvgIpc) is 2.79. The smallest absolute Gasteiger partial charge is 0.159 e. The van der Waals surface area contributed by atoms with Crippen molar-refractivity contribution in [3.63, 3.8) is 0 Å². The number of hydrogen-bond acceptors (Lipinski definition) is 3. The van der Waals surface area contributed by atoms with E-state index in [0.29, 0.717) is 11.6 Å². The normalized spacial score (nSPS) is 11.2. The lowest BCUT2D eigenvalue weighted by atomic mass is 10.1. The summed E-state index contributed by atoms with van der Waals surface area (Å²) < 4.78 is 27.0. The molecule has 1 heterocycles. The lowest BCUT2D eigenvalue weighted by Gasteiger charge is -2.23. The number of nitrogens with one attached hydrogen (secondary N) is 1. The number of aromatic nitrogens is 1. The molecule has 32 heavy (non-hydrogen) atoms. The van der Waals surface area contributed by atoms with Gasteiger partial charge in [-0.25, -0.2) is 8.78 Å². The first-order valence-electron chi connectivity index (χ1n) is 10.6. The van der Waals surface area contributed by atoms with E-state index in [2.05, 4.69) is 27.3 Å². The fourth-order valence-corrected chi connectivity index (χ4v) is 3.92. The van der Waals surface area contributed by atoms with Crippen LogP contribution in [-0.4, -0.2) is 23.0 Å². The standard InChI is InChI=1S/C26H24ClF2N3/c27-21-8-9-22-25(11-13-31-26(22)16-21)30-12-4-14-32(17-19-5-2-1-3-6-19)18-20-7-10-23(28)24(29)15-20/h1-3,5-11,13,15-16H,4,12,14,17-18H2,(H,30,31). The van der Waals surface area contributed by atoms with Gasteiger partial charge in [-0.2, -0.15) is 0 Å². The maximum absolute atomic E-state index is 13.7. The third-order valence-electron chi connectivity index (χ3n) is 5.31. The molecule has 0 spiro atoms. The topological polar surface area (TPSA) is 28.2 Å². The molecule has 0 bridgehead atoms. The minimum absolute atomic E-state index is 0.544. The number of anilines is 1. The van der Waals surface area contributed by atoms with Crippen molar-refractivity contribution in [1.29, 1.82) is 0 Å². The Kier molecular flexibility index (Phi) is 7.30. The molecule has 0 fully saturated rings. The quantitative estimate of drug-likeness (QED) is 0.288. The molecular weight excluding hydrogens is 428 g/mol. The van der Waals surface area contributed by atoms with E-state index < -0.39 is 11.6 Å². The van der Waals surface area contributed by atoms with Gasteiger partial charge in [0.1, 0.15) is 0 Å². The van der Waals surface area contributed by atoms with Crippen LogP contribution < -0.4 is 5.32 Å². The molecule has 0 atom stereocenters. The summed E-state index contributed by atoms with van der Waals surface area (Å²) in [6.07, 6.45) is 2.65. The third kappa shape index (κ3) is 5.81. The monoisotopic (exact) mass is 451 g/mol. The van der Waals surface area contributed by atoms with Crippen molar-refractivity contribution >= 4 is 28.2 Å². The Morgan fingerprint density at radius 1 is 0.844 bits per heavy atom. The number of nitrogens with zero attached hydrogens (tertiary/aromatic N) is 2. The van der Waals surface area contributed by atoms with Gasteiger partial charge < -0.3 is 5.32 Å². The van der Waals surface area contributed by atoms with E-state index in [0.717, 1.165) is 48.2 Å². The molecule has 164 valence electrons. The fraction of sp³-hybridized carbons (Fsp3) is 0.192. The van der Waals surface area contributed by atoms with Crippen LogP contribution >= 0.6 is 11.6 Å². The number of hydrogen-bond donors (Lipinski definition) is 1. The summed E-state index contributed by atoms with van der Waals surface area (Å²) >= 11 is 6.07. The number of rotatable bonds is 9. The van der Waals surface area contributed by atoms with Crippen LogP contribution in [0.25, 0.3) is 10.9 Å². The molecule has 4 aromatic rings. The Hall–Kier alpha value is -3.02. The van der Waals surface area contributed by atoms with Crippen molar-refractivity contribution in [3.8, 4) is 0 Å². The maximum atomic E-state index is 13.7. The fourth-order valence-electron chi connectivity index (χ4n) is 3.75. The van der Waals surface area contributed by atoms with Gasteiger partial charge in [0, 0.05) is 48.5 Å². The summed E-state index contributed by atoms with van der Waals surface area (Å²) in [5.41, 5.74) is 3.80. The van der Waals surface area contributed by atoms with Crippen molar-refractivity contribution < 1.29 is 8.78 Å². The summed E-state index contributed by atoms with van der Waals surface area (Å²) in [5.74, 6) is -1.63. The van der Waals surface area contributed by atoms with E-state index in [1.807, 2.05) is 42.5 Å². The Morgan fingerprint density at radius 3 is 2.47 bits per heavy atom. The zero-order chi connectivity index (χ0) is 22.3. The van der Waals surface area contributed by atoms with Gasteiger partial charge >= 0.3 is 0 Å². The molecule has 1 N–H and O–H groups in total. The Labute approximate surface area is 191 Å². The van der Waals surface area contributed by atoms with E-state index in [-0.39, 0.29) is 0 Å². The van der Waals surface area contributed by atoms with Crippen LogP contribution in [0.2, 0.25) is 5.02 Å². The molecular formula is C26H24ClF2N3. The number of halogens is 3. The van der Waals surface area contributed by atoms with E-state index in [1.165, 1.54) is 17.7 Å². The maximum Gasteiger partial charge on any atom is 0.159 e. The Morgan fingerprint density at radius 2 is 1.66 bits per heavy atom. The highest BCUT2D eigenvalue weighted by atomic mass is 35.5. The lowest BCUT2D eigenvalue weighted by molar-refractivity contribution is 0.255. The molecule has 6 heteroatoms. The van der Waals surface area contributed by atoms with Crippen molar-refractivity contribution in [3.05, 3.63) is 107 Å². The number of pyridine rings is 1. The Balaban J connectivity index is 1.40. The van der Waals surface area contributed by atoms with Gasteiger partial charge in [0.2, 0.25) is 0 Å². The van der Waals surface area contributed by atoms with Crippen molar-refractivity contribution in [2.24, 2.45) is 0 Å². The van der Waals surface area contributed by atoms with Crippen LogP contribution in [0.1, 0.15) is 17.5 Å². The SMILES string of the molecule is Fc1ccc(CN(CCCNc2ccnc3cc(Cl)ccc23)Cc2ccccc2)cc1F. The molecule has 0 aliphatic heterocycles. The summed E-state index contributed by atoms with van der Waals surface area (Å²) in [5, 5.41) is 5.18. The second-order valence-corrected chi connectivity index (χ2v) is 8.18. The van der Waals surface area contributed by atoms with Crippen molar-refractivity contribution in [1.82, 2.24) is 9.88 Å². The first kappa shape index (κ1) is 22.2. The van der Waals surface area contributed by atoms with Gasteiger partial charge in [-0.05, 0) is 53.9 Å². The summed E-state index contributed by atoms with van der Waals surface area (Å²) in [4.78, 5) is 6.62.